The van der Waals surface area contributed by atoms with E-state index in [4.69, 9.17) is 23.2 Å². The van der Waals surface area contributed by atoms with Crippen molar-refractivity contribution in [2.75, 3.05) is 5.32 Å². The molecule has 1 aromatic rings. The van der Waals surface area contributed by atoms with Crippen molar-refractivity contribution in [1.82, 2.24) is 0 Å². The molecule has 68 valence electrons. The molecule has 1 amide bonds. The molecule has 0 bridgehead atoms. The van der Waals surface area contributed by atoms with Crippen LogP contribution in [0.3, 0.4) is 0 Å². The number of halogens is 3. The molecular weight excluding hydrogens is 277 g/mol. The number of benzene rings is 1. The SMILES string of the molecule is O=C1Cc2c(Br)cc(Cl)c(Cl)c2N1. The summed E-state index contributed by atoms with van der Waals surface area (Å²) >= 11 is 15.1. The highest BCUT2D eigenvalue weighted by Gasteiger charge is 2.24. The van der Waals surface area contributed by atoms with Gasteiger partial charge in [-0.1, -0.05) is 39.1 Å². The summed E-state index contributed by atoms with van der Waals surface area (Å²) in [6.07, 6.45) is 0.354. The first-order chi connectivity index (χ1) is 6.09. The second-order valence-corrected chi connectivity index (χ2v) is 4.37. The van der Waals surface area contributed by atoms with Gasteiger partial charge in [-0.25, -0.2) is 0 Å². The van der Waals surface area contributed by atoms with Crippen LogP contribution in [0.1, 0.15) is 5.56 Å². The molecule has 1 aliphatic rings. The number of nitrogens with one attached hydrogen (secondary N) is 1. The summed E-state index contributed by atoms with van der Waals surface area (Å²) in [6.45, 7) is 0. The summed E-state index contributed by atoms with van der Waals surface area (Å²) in [5.41, 5.74) is 1.51. The number of hydrogen-bond acceptors (Lipinski definition) is 1. The molecule has 0 unspecified atom stereocenters. The van der Waals surface area contributed by atoms with Crippen LogP contribution in [0.25, 0.3) is 0 Å². The van der Waals surface area contributed by atoms with Gasteiger partial charge in [0, 0.05) is 10.0 Å². The summed E-state index contributed by atoms with van der Waals surface area (Å²) in [7, 11) is 0. The zero-order chi connectivity index (χ0) is 9.59. The van der Waals surface area contributed by atoms with E-state index in [0.29, 0.717) is 22.2 Å². The van der Waals surface area contributed by atoms with Gasteiger partial charge in [-0.2, -0.15) is 0 Å². The molecule has 0 aromatic heterocycles. The Kier molecular flexibility index (Phi) is 2.26. The summed E-state index contributed by atoms with van der Waals surface area (Å²) in [4.78, 5) is 11.1. The van der Waals surface area contributed by atoms with Crippen LogP contribution in [0.2, 0.25) is 10.0 Å². The molecule has 0 spiro atoms. The molecule has 0 saturated heterocycles. The van der Waals surface area contributed by atoms with Crippen LogP contribution in [-0.4, -0.2) is 5.91 Å². The number of amides is 1. The lowest BCUT2D eigenvalue weighted by Crippen LogP contribution is -2.03. The van der Waals surface area contributed by atoms with Gasteiger partial charge in [0.1, 0.15) is 0 Å². The first-order valence-corrected chi connectivity index (χ1v) is 5.10. The minimum absolute atomic E-state index is 0.0557. The quantitative estimate of drug-likeness (QED) is 0.726. The van der Waals surface area contributed by atoms with Crippen molar-refractivity contribution in [2.24, 2.45) is 0 Å². The van der Waals surface area contributed by atoms with Crippen LogP contribution in [0.15, 0.2) is 10.5 Å². The molecule has 5 heteroatoms. The van der Waals surface area contributed by atoms with Gasteiger partial charge in [-0.05, 0) is 6.07 Å². The number of carbonyl (C=O) groups is 1. The van der Waals surface area contributed by atoms with Crippen molar-refractivity contribution in [3.05, 3.63) is 26.1 Å². The zero-order valence-electron chi connectivity index (χ0n) is 6.33. The molecule has 0 saturated carbocycles. The summed E-state index contributed by atoms with van der Waals surface area (Å²) in [5.74, 6) is -0.0557. The number of anilines is 1. The van der Waals surface area contributed by atoms with E-state index >= 15 is 0 Å². The maximum Gasteiger partial charge on any atom is 0.228 e. The lowest BCUT2D eigenvalue weighted by atomic mass is 10.2. The second kappa shape index (κ2) is 3.15. The predicted molar refractivity (Wildman–Crippen MR) is 56.5 cm³/mol. The molecule has 1 aromatic carbocycles. The van der Waals surface area contributed by atoms with Gasteiger partial charge < -0.3 is 5.32 Å². The molecule has 0 fully saturated rings. The Morgan fingerprint density at radius 3 is 2.85 bits per heavy atom. The van der Waals surface area contributed by atoms with Gasteiger partial charge in [0.25, 0.3) is 0 Å². The van der Waals surface area contributed by atoms with E-state index in [-0.39, 0.29) is 5.91 Å². The average molecular weight is 281 g/mol. The van der Waals surface area contributed by atoms with Crippen LogP contribution in [-0.2, 0) is 11.2 Å². The smallest absolute Gasteiger partial charge is 0.228 e. The Morgan fingerprint density at radius 2 is 2.15 bits per heavy atom. The minimum Gasteiger partial charge on any atom is -0.324 e. The van der Waals surface area contributed by atoms with Crippen LogP contribution in [0.4, 0.5) is 5.69 Å². The number of hydrogen-bond donors (Lipinski definition) is 1. The monoisotopic (exact) mass is 279 g/mol. The number of fused-ring (bicyclic) bond motifs is 1. The van der Waals surface area contributed by atoms with E-state index in [1.54, 1.807) is 6.07 Å². The van der Waals surface area contributed by atoms with E-state index < -0.39 is 0 Å². The van der Waals surface area contributed by atoms with Crippen LogP contribution in [0.5, 0.6) is 0 Å². The van der Waals surface area contributed by atoms with Crippen molar-refractivity contribution >= 4 is 50.7 Å². The van der Waals surface area contributed by atoms with Crippen molar-refractivity contribution in [1.29, 1.82) is 0 Å². The molecule has 1 heterocycles. The molecule has 1 N–H and O–H groups in total. The Labute approximate surface area is 93.3 Å². The number of carbonyl (C=O) groups excluding carboxylic acids is 1. The van der Waals surface area contributed by atoms with E-state index in [1.165, 1.54) is 0 Å². The molecular formula is C8H4BrCl2NO. The fourth-order valence-corrected chi connectivity index (χ4v) is 2.40. The van der Waals surface area contributed by atoms with Crippen LogP contribution < -0.4 is 5.32 Å². The highest BCUT2D eigenvalue weighted by molar-refractivity contribution is 9.10. The molecule has 0 aliphatic carbocycles. The van der Waals surface area contributed by atoms with Crippen molar-refractivity contribution in [2.45, 2.75) is 6.42 Å². The fraction of sp³-hybridized carbons (Fsp3) is 0.125. The van der Waals surface area contributed by atoms with Crippen molar-refractivity contribution in [3.63, 3.8) is 0 Å². The first kappa shape index (κ1) is 9.31. The molecule has 13 heavy (non-hydrogen) atoms. The first-order valence-electron chi connectivity index (χ1n) is 3.56. The Bertz CT molecular complexity index is 406. The van der Waals surface area contributed by atoms with E-state index in [0.717, 1.165) is 10.0 Å². The standard InChI is InChI=1S/C8H4BrCl2NO/c9-4-2-5(10)7(11)8-3(4)1-6(13)12-8/h2H,1H2,(H,12,13). The van der Waals surface area contributed by atoms with Gasteiger partial charge in [-0.3, -0.25) is 4.79 Å². The topological polar surface area (TPSA) is 29.1 Å². The van der Waals surface area contributed by atoms with Crippen LogP contribution >= 0.6 is 39.1 Å². The summed E-state index contributed by atoms with van der Waals surface area (Å²) in [5, 5.41) is 3.51. The van der Waals surface area contributed by atoms with Gasteiger partial charge in [0.05, 0.1) is 22.2 Å². The highest BCUT2D eigenvalue weighted by Crippen LogP contribution is 2.40. The number of rotatable bonds is 0. The third-order valence-corrected chi connectivity index (χ3v) is 3.37. The zero-order valence-corrected chi connectivity index (χ0v) is 9.42. The lowest BCUT2D eigenvalue weighted by molar-refractivity contribution is -0.115. The second-order valence-electron chi connectivity index (χ2n) is 2.73. The molecule has 0 radical (unpaired) electrons. The Hall–Kier alpha value is -0.250. The lowest BCUT2D eigenvalue weighted by Gasteiger charge is -2.05. The maximum atomic E-state index is 11.1. The van der Waals surface area contributed by atoms with Crippen molar-refractivity contribution in [3.8, 4) is 0 Å². The van der Waals surface area contributed by atoms with E-state index in [2.05, 4.69) is 21.2 Å². The molecule has 2 nitrogen and oxygen atoms in total. The van der Waals surface area contributed by atoms with Gasteiger partial charge >= 0.3 is 0 Å². The van der Waals surface area contributed by atoms with Gasteiger partial charge in [-0.15, -0.1) is 0 Å². The van der Waals surface area contributed by atoms with Crippen LogP contribution in [0, 0.1) is 0 Å². The van der Waals surface area contributed by atoms with E-state index in [9.17, 15) is 4.79 Å². The van der Waals surface area contributed by atoms with Gasteiger partial charge in [0.15, 0.2) is 0 Å². The summed E-state index contributed by atoms with van der Waals surface area (Å²) in [6, 6.07) is 1.70. The highest BCUT2D eigenvalue weighted by atomic mass is 79.9. The third-order valence-electron chi connectivity index (χ3n) is 1.87. The molecule has 0 atom stereocenters. The van der Waals surface area contributed by atoms with Crippen molar-refractivity contribution < 1.29 is 4.79 Å². The third kappa shape index (κ3) is 1.45. The average Bonchev–Trinajstić information content (AvgIpc) is 2.44. The molecule has 1 aliphatic heterocycles. The largest absolute Gasteiger partial charge is 0.324 e. The van der Waals surface area contributed by atoms with E-state index in [1.807, 2.05) is 0 Å². The summed E-state index contributed by atoms with van der Waals surface area (Å²) < 4.78 is 0.815. The maximum absolute atomic E-state index is 11.1. The predicted octanol–water partition coefficient (Wildman–Crippen LogP) is 3.25. The normalized spacial score (nSPS) is 14.2. The Balaban J connectivity index is 2.69. The Morgan fingerprint density at radius 1 is 1.46 bits per heavy atom. The minimum atomic E-state index is -0.0557. The molecule has 2 rings (SSSR count). The van der Waals surface area contributed by atoms with Gasteiger partial charge in [0.2, 0.25) is 5.91 Å². The fourth-order valence-electron chi connectivity index (χ4n) is 1.28.